The third-order valence-electron chi connectivity index (χ3n) is 5.47. The molecule has 0 bridgehead atoms. The second-order valence-electron chi connectivity index (χ2n) is 8.60. The number of rotatable bonds is 6. The molecule has 5 heterocycles. The quantitative estimate of drug-likeness (QED) is 0.366. The highest BCUT2D eigenvalue weighted by molar-refractivity contribution is 5.68. The van der Waals surface area contributed by atoms with E-state index in [1.54, 1.807) is 47.6 Å². The van der Waals surface area contributed by atoms with Gasteiger partial charge in [-0.15, -0.1) is 0 Å². The molecule has 1 saturated heterocycles. The van der Waals surface area contributed by atoms with E-state index in [1.165, 1.54) is 0 Å². The van der Waals surface area contributed by atoms with Crippen molar-refractivity contribution < 1.29 is 18.7 Å². The van der Waals surface area contributed by atoms with Gasteiger partial charge in [-0.2, -0.15) is 10.4 Å². The average molecular weight is 494 g/mol. The SMILES string of the molecule is Cc1cn(-c2cnc(Nc3cc([C@H]4OC[C@@H](OC(=O)NC(C)C)[C@@H]4F)[nH]n3)n3cc(C#N)nc23)cn1. The van der Waals surface area contributed by atoms with Gasteiger partial charge in [0.05, 0.1) is 36.7 Å². The summed E-state index contributed by atoms with van der Waals surface area (Å²) in [4.78, 5) is 24.9. The molecule has 4 aromatic rings. The molecule has 1 aliphatic heterocycles. The van der Waals surface area contributed by atoms with Gasteiger partial charge in [-0.25, -0.2) is 24.1 Å². The fourth-order valence-corrected chi connectivity index (χ4v) is 3.85. The molecule has 4 aromatic heterocycles. The van der Waals surface area contributed by atoms with E-state index in [1.807, 2.05) is 19.2 Å². The number of anilines is 2. The minimum atomic E-state index is -1.58. The van der Waals surface area contributed by atoms with Crippen LogP contribution in [0.3, 0.4) is 0 Å². The van der Waals surface area contributed by atoms with Crippen LogP contribution in [0, 0.1) is 18.3 Å². The number of amides is 1. The molecule has 186 valence electrons. The van der Waals surface area contributed by atoms with Crippen molar-refractivity contribution in [2.24, 2.45) is 0 Å². The first-order chi connectivity index (χ1) is 17.3. The summed E-state index contributed by atoms with van der Waals surface area (Å²) in [6, 6.07) is 3.48. The van der Waals surface area contributed by atoms with Crippen LogP contribution in [-0.4, -0.2) is 65.1 Å². The number of aryl methyl sites for hydroxylation is 1. The molecule has 1 aliphatic rings. The highest BCUT2D eigenvalue weighted by atomic mass is 19.1. The monoisotopic (exact) mass is 494 g/mol. The van der Waals surface area contributed by atoms with Gasteiger partial charge in [0.15, 0.2) is 29.4 Å². The number of H-pyrrole nitrogens is 1. The summed E-state index contributed by atoms with van der Waals surface area (Å²) in [5.41, 5.74) is 2.52. The largest absolute Gasteiger partial charge is 0.441 e. The molecule has 14 heteroatoms. The predicted molar refractivity (Wildman–Crippen MR) is 124 cm³/mol. The zero-order valence-electron chi connectivity index (χ0n) is 19.6. The Morgan fingerprint density at radius 2 is 2.22 bits per heavy atom. The molecule has 0 aromatic carbocycles. The lowest BCUT2D eigenvalue weighted by Crippen LogP contribution is -2.36. The van der Waals surface area contributed by atoms with Gasteiger partial charge in [0.25, 0.3) is 0 Å². The number of alkyl carbamates (subject to hydrolysis) is 1. The number of hydrogen-bond donors (Lipinski definition) is 3. The number of nitriles is 1. The molecule has 13 nitrogen and oxygen atoms in total. The standard InChI is InChI=1S/C22H23FN10O3/c1-11(2)27-22(34)36-16-9-35-19(18(16)23)14-4-17(31-30-14)29-21-25-6-15(32-7-12(3)26-10-32)20-28-13(5-24)8-33(20)21/h4,6-8,10-11,16,18-19H,9H2,1-3H3,(H,27,34)(H2,25,29,30,31)/t16-,18+,19-/m1/s1. The topological polar surface area (TPSA) is 160 Å². The van der Waals surface area contributed by atoms with E-state index in [9.17, 15) is 14.4 Å². The number of ether oxygens (including phenoxy) is 2. The molecule has 0 aliphatic carbocycles. The number of nitrogens with zero attached hydrogens (tertiary/aromatic N) is 7. The highest BCUT2D eigenvalue weighted by Crippen LogP contribution is 2.33. The van der Waals surface area contributed by atoms with E-state index in [0.717, 1.165) is 5.69 Å². The van der Waals surface area contributed by atoms with E-state index in [0.29, 0.717) is 28.8 Å². The lowest BCUT2D eigenvalue weighted by molar-refractivity contribution is 0.0615. The predicted octanol–water partition coefficient (Wildman–Crippen LogP) is 2.47. The van der Waals surface area contributed by atoms with Crippen molar-refractivity contribution in [2.45, 2.75) is 45.2 Å². The van der Waals surface area contributed by atoms with Gasteiger partial charge >= 0.3 is 6.09 Å². The average Bonchev–Trinajstić information content (AvgIpc) is 3.62. The van der Waals surface area contributed by atoms with Crippen molar-refractivity contribution in [3.05, 3.63) is 48.1 Å². The van der Waals surface area contributed by atoms with Gasteiger partial charge in [-0.1, -0.05) is 0 Å². The first kappa shape index (κ1) is 23.2. The number of carbonyl (C=O) groups excluding carboxylic acids is 1. The summed E-state index contributed by atoms with van der Waals surface area (Å²) in [5.74, 6) is 0.684. The Labute approximate surface area is 204 Å². The fraction of sp³-hybridized carbons (Fsp3) is 0.364. The number of halogens is 1. The van der Waals surface area contributed by atoms with Gasteiger partial charge in [-0.05, 0) is 20.8 Å². The zero-order chi connectivity index (χ0) is 25.4. The Bertz CT molecular complexity index is 1450. The normalized spacial score (nSPS) is 19.5. The van der Waals surface area contributed by atoms with Gasteiger partial charge in [0.2, 0.25) is 5.95 Å². The summed E-state index contributed by atoms with van der Waals surface area (Å²) in [6.07, 6.45) is 2.31. The van der Waals surface area contributed by atoms with Crippen LogP contribution in [0.25, 0.3) is 11.3 Å². The van der Waals surface area contributed by atoms with Crippen LogP contribution in [-0.2, 0) is 9.47 Å². The number of alkyl halides is 1. The summed E-state index contributed by atoms with van der Waals surface area (Å²) in [6.45, 7) is 5.34. The molecule has 36 heavy (non-hydrogen) atoms. The smallest absolute Gasteiger partial charge is 0.407 e. The Balaban J connectivity index is 1.35. The molecular weight excluding hydrogens is 471 g/mol. The third kappa shape index (κ3) is 4.43. The summed E-state index contributed by atoms with van der Waals surface area (Å²) < 4.78 is 29.0. The number of nitrogens with one attached hydrogen (secondary N) is 3. The maximum Gasteiger partial charge on any atom is 0.407 e. The third-order valence-corrected chi connectivity index (χ3v) is 5.47. The first-order valence-electron chi connectivity index (χ1n) is 11.2. The van der Waals surface area contributed by atoms with E-state index < -0.39 is 24.5 Å². The molecule has 3 atom stereocenters. The molecule has 0 radical (unpaired) electrons. The van der Waals surface area contributed by atoms with Gasteiger partial charge in [0.1, 0.15) is 17.9 Å². The van der Waals surface area contributed by atoms with Crippen molar-refractivity contribution in [2.75, 3.05) is 11.9 Å². The van der Waals surface area contributed by atoms with Crippen LogP contribution < -0.4 is 10.6 Å². The summed E-state index contributed by atoms with van der Waals surface area (Å²) in [7, 11) is 0. The highest BCUT2D eigenvalue weighted by Gasteiger charge is 2.42. The van der Waals surface area contributed by atoms with Crippen molar-refractivity contribution in [1.82, 2.24) is 39.4 Å². The van der Waals surface area contributed by atoms with Crippen LogP contribution in [0.15, 0.2) is 31.0 Å². The number of carbonyl (C=O) groups is 1. The van der Waals surface area contributed by atoms with E-state index >= 15 is 0 Å². The molecule has 0 unspecified atom stereocenters. The minimum Gasteiger partial charge on any atom is -0.441 e. The summed E-state index contributed by atoms with van der Waals surface area (Å²) >= 11 is 0. The number of hydrogen-bond acceptors (Lipinski definition) is 9. The fourth-order valence-electron chi connectivity index (χ4n) is 3.85. The van der Waals surface area contributed by atoms with E-state index in [-0.39, 0.29) is 18.3 Å². The van der Waals surface area contributed by atoms with Crippen molar-refractivity contribution in [3.63, 3.8) is 0 Å². The van der Waals surface area contributed by atoms with Crippen LogP contribution in [0.4, 0.5) is 21.0 Å². The Morgan fingerprint density at radius 1 is 1.39 bits per heavy atom. The van der Waals surface area contributed by atoms with Crippen molar-refractivity contribution in [1.29, 1.82) is 5.26 Å². The van der Waals surface area contributed by atoms with E-state index in [2.05, 4.69) is 35.8 Å². The van der Waals surface area contributed by atoms with Crippen LogP contribution in [0.1, 0.15) is 37.0 Å². The molecule has 0 saturated carbocycles. The lowest BCUT2D eigenvalue weighted by atomic mass is 10.1. The second-order valence-corrected chi connectivity index (χ2v) is 8.60. The first-order valence-corrected chi connectivity index (χ1v) is 11.2. The van der Waals surface area contributed by atoms with Gasteiger partial charge in [-0.3, -0.25) is 9.50 Å². The number of imidazole rings is 2. The minimum absolute atomic E-state index is 0.0809. The zero-order valence-corrected chi connectivity index (χ0v) is 19.6. The molecule has 0 spiro atoms. The van der Waals surface area contributed by atoms with E-state index in [4.69, 9.17) is 9.47 Å². The Kier molecular flexibility index (Phi) is 5.98. The number of aromatic amines is 1. The van der Waals surface area contributed by atoms with Crippen LogP contribution >= 0.6 is 0 Å². The van der Waals surface area contributed by atoms with Crippen molar-refractivity contribution in [3.8, 4) is 11.8 Å². The van der Waals surface area contributed by atoms with Crippen molar-refractivity contribution >= 4 is 23.5 Å². The van der Waals surface area contributed by atoms with Crippen LogP contribution in [0.5, 0.6) is 0 Å². The molecule has 1 amide bonds. The van der Waals surface area contributed by atoms with Crippen LogP contribution in [0.2, 0.25) is 0 Å². The Hall–Kier alpha value is -4.51. The molecule has 1 fully saturated rings. The molecule has 3 N–H and O–H groups in total. The number of aromatic nitrogens is 7. The second kappa shape index (κ2) is 9.27. The summed E-state index contributed by atoms with van der Waals surface area (Å²) in [5, 5.41) is 21.9. The van der Waals surface area contributed by atoms with Gasteiger partial charge < -0.3 is 24.7 Å². The molecular formula is C22H23FN10O3. The maximum absolute atomic E-state index is 15.0. The molecule has 5 rings (SSSR count). The lowest BCUT2D eigenvalue weighted by Gasteiger charge is -2.16. The maximum atomic E-state index is 15.0. The Morgan fingerprint density at radius 3 is 2.94 bits per heavy atom. The number of fused-ring (bicyclic) bond motifs is 1. The van der Waals surface area contributed by atoms with Gasteiger partial charge in [0, 0.05) is 18.3 Å².